The van der Waals surface area contributed by atoms with Crippen molar-refractivity contribution < 1.29 is 9.84 Å². The molecule has 0 aromatic carbocycles. The molecule has 1 aromatic rings. The molecule has 1 heterocycles. The summed E-state index contributed by atoms with van der Waals surface area (Å²) in [6, 6.07) is 0. The van der Waals surface area contributed by atoms with Crippen LogP contribution in [0.25, 0.3) is 0 Å². The maximum absolute atomic E-state index is 10.2. The van der Waals surface area contributed by atoms with Crippen molar-refractivity contribution in [3.8, 4) is 0 Å². The molecule has 2 unspecified atom stereocenters. The Labute approximate surface area is 111 Å². The molecule has 98 valence electrons. The van der Waals surface area contributed by atoms with Gasteiger partial charge in [0.05, 0.1) is 28.6 Å². The van der Waals surface area contributed by atoms with E-state index >= 15 is 0 Å². The molecule has 0 spiro atoms. The molecule has 0 saturated heterocycles. The molecular formula is C12H21BrN2O2. The van der Waals surface area contributed by atoms with E-state index in [9.17, 15) is 5.11 Å². The molecule has 0 amide bonds. The van der Waals surface area contributed by atoms with Gasteiger partial charge < -0.3 is 9.84 Å². The molecule has 0 fully saturated rings. The van der Waals surface area contributed by atoms with Gasteiger partial charge in [0.25, 0.3) is 0 Å². The van der Waals surface area contributed by atoms with E-state index in [2.05, 4.69) is 28.0 Å². The van der Waals surface area contributed by atoms with Crippen molar-refractivity contribution in [2.24, 2.45) is 0 Å². The van der Waals surface area contributed by atoms with E-state index in [0.29, 0.717) is 6.42 Å². The Balaban J connectivity index is 2.66. The Morgan fingerprint density at radius 3 is 2.82 bits per heavy atom. The quantitative estimate of drug-likeness (QED) is 0.842. The van der Waals surface area contributed by atoms with Crippen LogP contribution in [0.3, 0.4) is 0 Å². The number of nitrogens with zero attached hydrogens (tertiary/aromatic N) is 2. The number of hydrogen-bond acceptors (Lipinski definition) is 3. The molecule has 1 N–H and O–H groups in total. The highest BCUT2D eigenvalue weighted by Crippen LogP contribution is 2.27. The summed E-state index contributed by atoms with van der Waals surface area (Å²) in [5.74, 6) is 0. The number of aryl methyl sites for hydroxylation is 1. The van der Waals surface area contributed by atoms with Gasteiger partial charge in [-0.25, -0.2) is 0 Å². The van der Waals surface area contributed by atoms with Crippen LogP contribution in [0, 0.1) is 0 Å². The van der Waals surface area contributed by atoms with Gasteiger partial charge in [0, 0.05) is 13.7 Å². The maximum Gasteiger partial charge on any atom is 0.0969 e. The third kappa shape index (κ3) is 4.08. The fourth-order valence-electron chi connectivity index (χ4n) is 1.74. The van der Waals surface area contributed by atoms with Gasteiger partial charge in [-0.1, -0.05) is 6.92 Å². The molecule has 0 saturated carbocycles. The zero-order chi connectivity index (χ0) is 12.8. The highest BCUT2D eigenvalue weighted by molar-refractivity contribution is 9.10. The van der Waals surface area contributed by atoms with E-state index in [0.717, 1.165) is 29.6 Å². The number of ether oxygens (including phenoxy) is 1. The van der Waals surface area contributed by atoms with E-state index in [1.54, 1.807) is 13.3 Å². The van der Waals surface area contributed by atoms with E-state index < -0.39 is 6.10 Å². The topological polar surface area (TPSA) is 47.3 Å². The second-order valence-corrected chi connectivity index (χ2v) is 5.09. The van der Waals surface area contributed by atoms with Crippen molar-refractivity contribution in [3.63, 3.8) is 0 Å². The van der Waals surface area contributed by atoms with Crippen molar-refractivity contribution in [2.75, 3.05) is 7.11 Å². The van der Waals surface area contributed by atoms with E-state index in [1.165, 1.54) is 0 Å². The maximum atomic E-state index is 10.2. The number of aromatic nitrogens is 2. The van der Waals surface area contributed by atoms with Crippen molar-refractivity contribution >= 4 is 15.9 Å². The van der Waals surface area contributed by atoms with Crippen molar-refractivity contribution in [1.29, 1.82) is 0 Å². The van der Waals surface area contributed by atoms with Gasteiger partial charge in [-0.05, 0) is 42.1 Å². The molecular weight excluding hydrogens is 284 g/mol. The fourth-order valence-corrected chi connectivity index (χ4v) is 2.30. The van der Waals surface area contributed by atoms with Crippen LogP contribution in [0.1, 0.15) is 44.9 Å². The van der Waals surface area contributed by atoms with Gasteiger partial charge in [0.2, 0.25) is 0 Å². The van der Waals surface area contributed by atoms with Gasteiger partial charge in [-0.3, -0.25) is 4.68 Å². The second-order valence-electron chi connectivity index (χ2n) is 4.24. The van der Waals surface area contributed by atoms with E-state index in [4.69, 9.17) is 4.74 Å². The Morgan fingerprint density at radius 1 is 1.53 bits per heavy atom. The van der Waals surface area contributed by atoms with Crippen LogP contribution in [0.5, 0.6) is 0 Å². The molecule has 2 atom stereocenters. The average molecular weight is 305 g/mol. The van der Waals surface area contributed by atoms with Crippen LogP contribution >= 0.6 is 15.9 Å². The first-order chi connectivity index (χ1) is 8.10. The van der Waals surface area contributed by atoms with Crippen LogP contribution in [0.4, 0.5) is 0 Å². The van der Waals surface area contributed by atoms with Crippen molar-refractivity contribution in [1.82, 2.24) is 9.78 Å². The number of aliphatic hydroxyl groups excluding tert-OH is 1. The summed E-state index contributed by atoms with van der Waals surface area (Å²) in [5.41, 5.74) is 0.871. The SMILES string of the molecule is CCCn1ncc(Br)c1C(O)CCC(C)OC. The highest BCUT2D eigenvalue weighted by Gasteiger charge is 2.18. The summed E-state index contributed by atoms with van der Waals surface area (Å²) in [6.07, 6.45) is 3.95. The minimum atomic E-state index is -0.490. The van der Waals surface area contributed by atoms with Crippen molar-refractivity contribution in [3.05, 3.63) is 16.4 Å². The third-order valence-electron chi connectivity index (χ3n) is 2.83. The number of hydrogen-bond donors (Lipinski definition) is 1. The molecule has 0 bridgehead atoms. The molecule has 0 aliphatic heterocycles. The zero-order valence-corrected chi connectivity index (χ0v) is 12.3. The molecule has 1 aromatic heterocycles. The molecule has 0 radical (unpaired) electrons. The van der Waals surface area contributed by atoms with Crippen LogP contribution in [-0.2, 0) is 11.3 Å². The molecule has 0 aliphatic carbocycles. The molecule has 17 heavy (non-hydrogen) atoms. The summed E-state index contributed by atoms with van der Waals surface area (Å²) in [7, 11) is 1.69. The van der Waals surface area contributed by atoms with Crippen LogP contribution in [-0.4, -0.2) is 28.1 Å². The van der Waals surface area contributed by atoms with E-state index in [1.807, 2.05) is 11.6 Å². The Bertz CT molecular complexity index is 341. The molecule has 1 rings (SSSR count). The van der Waals surface area contributed by atoms with Gasteiger partial charge in [-0.2, -0.15) is 5.10 Å². The summed E-state index contributed by atoms with van der Waals surface area (Å²) >= 11 is 3.44. The predicted octanol–water partition coefficient (Wildman–Crippen LogP) is 2.90. The second kappa shape index (κ2) is 7.13. The Kier molecular flexibility index (Phi) is 6.16. The standard InChI is InChI=1S/C12H21BrN2O2/c1-4-7-15-12(10(13)8-14-15)11(16)6-5-9(2)17-3/h8-9,11,16H,4-7H2,1-3H3. The first-order valence-electron chi connectivity index (χ1n) is 6.02. The Morgan fingerprint density at radius 2 is 2.24 bits per heavy atom. The third-order valence-corrected chi connectivity index (χ3v) is 3.44. The molecule has 5 heteroatoms. The lowest BCUT2D eigenvalue weighted by Gasteiger charge is -2.16. The van der Waals surface area contributed by atoms with Crippen molar-refractivity contribution in [2.45, 2.75) is 51.9 Å². The summed E-state index contributed by atoms with van der Waals surface area (Å²) < 4.78 is 7.93. The lowest BCUT2D eigenvalue weighted by molar-refractivity contribution is 0.0822. The van der Waals surface area contributed by atoms with Gasteiger partial charge in [0.15, 0.2) is 0 Å². The minimum absolute atomic E-state index is 0.172. The zero-order valence-electron chi connectivity index (χ0n) is 10.7. The monoisotopic (exact) mass is 304 g/mol. The summed E-state index contributed by atoms with van der Waals surface area (Å²) in [5, 5.41) is 14.4. The number of methoxy groups -OCH3 is 1. The number of rotatable bonds is 7. The van der Waals surface area contributed by atoms with Crippen LogP contribution in [0.15, 0.2) is 10.7 Å². The number of halogens is 1. The van der Waals surface area contributed by atoms with Crippen LogP contribution in [0.2, 0.25) is 0 Å². The fraction of sp³-hybridized carbons (Fsp3) is 0.750. The van der Waals surface area contributed by atoms with Gasteiger partial charge in [0.1, 0.15) is 0 Å². The first-order valence-corrected chi connectivity index (χ1v) is 6.81. The van der Waals surface area contributed by atoms with Crippen LogP contribution < -0.4 is 0 Å². The average Bonchev–Trinajstić information content (AvgIpc) is 2.67. The van der Waals surface area contributed by atoms with E-state index in [-0.39, 0.29) is 6.10 Å². The normalized spacial score (nSPS) is 14.9. The lowest BCUT2D eigenvalue weighted by atomic mass is 10.1. The number of aliphatic hydroxyl groups is 1. The lowest BCUT2D eigenvalue weighted by Crippen LogP contribution is -2.12. The largest absolute Gasteiger partial charge is 0.387 e. The smallest absolute Gasteiger partial charge is 0.0969 e. The molecule has 4 nitrogen and oxygen atoms in total. The van der Waals surface area contributed by atoms with Gasteiger partial charge in [-0.15, -0.1) is 0 Å². The molecule has 0 aliphatic rings. The summed E-state index contributed by atoms with van der Waals surface area (Å²) in [4.78, 5) is 0. The first kappa shape index (κ1) is 14.7. The Hall–Kier alpha value is -0.390. The van der Waals surface area contributed by atoms with Gasteiger partial charge >= 0.3 is 0 Å². The predicted molar refractivity (Wildman–Crippen MR) is 70.9 cm³/mol. The highest BCUT2D eigenvalue weighted by atomic mass is 79.9. The minimum Gasteiger partial charge on any atom is -0.387 e. The summed E-state index contributed by atoms with van der Waals surface area (Å²) in [6.45, 7) is 4.93.